The lowest BCUT2D eigenvalue weighted by Gasteiger charge is -2.16. The van der Waals surface area contributed by atoms with Gasteiger partial charge in [0.2, 0.25) is 5.78 Å². The largest absolute Gasteiger partial charge is 0.495 e. The molecule has 34 heavy (non-hydrogen) atoms. The molecular formula is C24H16N2O8. The predicted octanol–water partition coefficient (Wildman–Crippen LogP) is 3.44. The zero-order valence-corrected chi connectivity index (χ0v) is 17.7. The van der Waals surface area contributed by atoms with Crippen LogP contribution >= 0.6 is 0 Å². The summed E-state index contributed by atoms with van der Waals surface area (Å²) in [4.78, 5) is 61.8. The van der Waals surface area contributed by atoms with Crippen molar-refractivity contribution in [2.75, 3.05) is 18.6 Å². The fourth-order valence-corrected chi connectivity index (χ4v) is 3.49. The van der Waals surface area contributed by atoms with E-state index in [-0.39, 0.29) is 33.6 Å². The Hall–Kier alpha value is -4.86. The summed E-state index contributed by atoms with van der Waals surface area (Å²) in [6.07, 6.45) is 0. The third-order valence-corrected chi connectivity index (χ3v) is 5.16. The van der Waals surface area contributed by atoms with Gasteiger partial charge in [0.15, 0.2) is 6.61 Å². The molecule has 10 heteroatoms. The van der Waals surface area contributed by atoms with Crippen LogP contribution in [-0.4, -0.2) is 42.2 Å². The number of hydrogen-bond donors (Lipinski definition) is 0. The summed E-state index contributed by atoms with van der Waals surface area (Å²) in [7, 11) is 1.42. The van der Waals surface area contributed by atoms with Crippen LogP contribution in [0.4, 0.5) is 11.4 Å². The molecule has 0 saturated carbocycles. The normalized spacial score (nSPS) is 12.3. The van der Waals surface area contributed by atoms with E-state index in [9.17, 15) is 29.3 Å². The number of para-hydroxylation sites is 2. The van der Waals surface area contributed by atoms with Gasteiger partial charge in [0.1, 0.15) is 5.75 Å². The molecule has 0 saturated heterocycles. The number of benzene rings is 3. The van der Waals surface area contributed by atoms with E-state index in [1.165, 1.54) is 43.5 Å². The van der Waals surface area contributed by atoms with Crippen molar-refractivity contribution in [2.24, 2.45) is 0 Å². The SMILES string of the molecule is COc1ccccc1N1C(=O)c2ccc(C(=O)OCC(=O)c3cccc([N+](=O)[O-])c3)cc2C1=O. The van der Waals surface area contributed by atoms with Gasteiger partial charge in [-0.3, -0.25) is 24.5 Å². The first-order valence-electron chi connectivity index (χ1n) is 9.92. The molecule has 0 aliphatic carbocycles. The summed E-state index contributed by atoms with van der Waals surface area (Å²) in [5.74, 6) is -2.39. The number of nitrogens with zero attached hydrogens (tertiary/aromatic N) is 2. The topological polar surface area (TPSA) is 133 Å². The lowest BCUT2D eigenvalue weighted by molar-refractivity contribution is -0.384. The first-order valence-corrected chi connectivity index (χ1v) is 9.92. The number of ether oxygens (including phenoxy) is 2. The molecule has 0 atom stereocenters. The molecule has 4 rings (SSSR count). The average molecular weight is 460 g/mol. The summed E-state index contributed by atoms with van der Waals surface area (Å²) < 4.78 is 10.3. The van der Waals surface area contributed by atoms with Crippen molar-refractivity contribution in [3.05, 3.63) is 99.1 Å². The highest BCUT2D eigenvalue weighted by atomic mass is 16.6. The minimum atomic E-state index is -0.891. The number of fused-ring (bicyclic) bond motifs is 1. The monoisotopic (exact) mass is 460 g/mol. The Kier molecular flexibility index (Phi) is 5.88. The van der Waals surface area contributed by atoms with Crippen molar-refractivity contribution in [3.8, 4) is 5.75 Å². The minimum absolute atomic E-state index is 0.00960. The van der Waals surface area contributed by atoms with Gasteiger partial charge in [-0.2, -0.15) is 0 Å². The van der Waals surface area contributed by atoms with Crippen LogP contribution in [0, 0.1) is 10.1 Å². The van der Waals surface area contributed by atoms with E-state index in [4.69, 9.17) is 9.47 Å². The number of non-ortho nitro benzene ring substituents is 1. The summed E-state index contributed by atoms with van der Waals surface area (Å²) in [5.41, 5.74) is 0.106. The molecule has 0 radical (unpaired) electrons. The van der Waals surface area contributed by atoms with Crippen molar-refractivity contribution >= 4 is 34.9 Å². The molecule has 0 spiro atoms. The zero-order valence-electron chi connectivity index (χ0n) is 17.7. The van der Waals surface area contributed by atoms with Gasteiger partial charge in [-0.25, -0.2) is 9.69 Å². The maximum absolute atomic E-state index is 13.0. The van der Waals surface area contributed by atoms with Gasteiger partial charge >= 0.3 is 5.97 Å². The molecule has 170 valence electrons. The fraction of sp³-hybridized carbons (Fsp3) is 0.0833. The third-order valence-electron chi connectivity index (χ3n) is 5.16. The fourth-order valence-electron chi connectivity index (χ4n) is 3.49. The summed E-state index contributed by atoms with van der Waals surface area (Å²) in [5, 5.41) is 10.9. The zero-order chi connectivity index (χ0) is 24.4. The summed E-state index contributed by atoms with van der Waals surface area (Å²) in [6, 6.07) is 15.5. The number of hydrogen-bond acceptors (Lipinski definition) is 8. The first kappa shape index (κ1) is 22.3. The van der Waals surface area contributed by atoms with Gasteiger partial charge in [0.25, 0.3) is 17.5 Å². The third kappa shape index (κ3) is 3.99. The molecular weight excluding hydrogens is 444 g/mol. The standard InChI is InChI=1S/C24H16N2O8/c1-33-21-8-3-2-7-19(21)25-22(28)17-10-9-15(12-18(17)23(25)29)24(30)34-13-20(27)14-5-4-6-16(11-14)26(31)32/h2-12H,13H2,1H3. The van der Waals surface area contributed by atoms with E-state index in [0.29, 0.717) is 5.75 Å². The number of nitro groups is 1. The van der Waals surface area contributed by atoms with Gasteiger partial charge in [0, 0.05) is 17.7 Å². The maximum Gasteiger partial charge on any atom is 0.338 e. The molecule has 0 unspecified atom stereocenters. The molecule has 3 aromatic carbocycles. The Balaban J connectivity index is 1.51. The summed E-state index contributed by atoms with van der Waals surface area (Å²) in [6.45, 7) is -0.655. The van der Waals surface area contributed by atoms with E-state index in [0.717, 1.165) is 11.0 Å². The van der Waals surface area contributed by atoms with E-state index in [1.807, 2.05) is 0 Å². The van der Waals surface area contributed by atoms with Crippen LogP contribution in [0.15, 0.2) is 66.7 Å². The molecule has 0 fully saturated rings. The number of esters is 1. The molecule has 1 aliphatic heterocycles. The highest BCUT2D eigenvalue weighted by Gasteiger charge is 2.38. The Bertz CT molecular complexity index is 1360. The molecule has 0 bridgehead atoms. The van der Waals surface area contributed by atoms with Crippen LogP contribution in [0.3, 0.4) is 0 Å². The van der Waals surface area contributed by atoms with Crippen LogP contribution in [0.25, 0.3) is 0 Å². The van der Waals surface area contributed by atoms with Crippen LogP contribution < -0.4 is 9.64 Å². The number of carbonyl (C=O) groups is 4. The van der Waals surface area contributed by atoms with Crippen molar-refractivity contribution in [1.82, 2.24) is 0 Å². The molecule has 0 aromatic heterocycles. The van der Waals surface area contributed by atoms with Crippen molar-refractivity contribution < 1.29 is 33.6 Å². The molecule has 10 nitrogen and oxygen atoms in total. The van der Waals surface area contributed by atoms with Crippen LogP contribution in [0.5, 0.6) is 5.75 Å². The number of methoxy groups -OCH3 is 1. The average Bonchev–Trinajstić information content (AvgIpc) is 3.11. The molecule has 1 aliphatic rings. The predicted molar refractivity (Wildman–Crippen MR) is 118 cm³/mol. The number of imide groups is 1. The first-order chi connectivity index (χ1) is 16.3. The van der Waals surface area contributed by atoms with Crippen molar-refractivity contribution in [1.29, 1.82) is 0 Å². The number of carbonyl (C=O) groups excluding carboxylic acids is 4. The second-order valence-corrected chi connectivity index (χ2v) is 7.18. The Morgan fingerprint density at radius 1 is 0.912 bits per heavy atom. The van der Waals surface area contributed by atoms with E-state index >= 15 is 0 Å². The number of nitro benzene ring substituents is 1. The van der Waals surface area contributed by atoms with Gasteiger partial charge in [-0.05, 0) is 30.3 Å². The molecule has 1 heterocycles. The smallest absolute Gasteiger partial charge is 0.338 e. The van der Waals surface area contributed by atoms with Crippen LogP contribution in [-0.2, 0) is 4.74 Å². The summed E-state index contributed by atoms with van der Waals surface area (Å²) >= 11 is 0. The van der Waals surface area contributed by atoms with Gasteiger partial charge in [-0.15, -0.1) is 0 Å². The Labute approximate surface area is 192 Å². The number of ketones is 1. The quantitative estimate of drug-likeness (QED) is 0.172. The number of rotatable bonds is 7. The highest BCUT2D eigenvalue weighted by molar-refractivity contribution is 6.35. The van der Waals surface area contributed by atoms with E-state index in [2.05, 4.69) is 0 Å². The highest BCUT2D eigenvalue weighted by Crippen LogP contribution is 2.35. The second kappa shape index (κ2) is 8.94. The van der Waals surface area contributed by atoms with E-state index < -0.39 is 35.1 Å². The van der Waals surface area contributed by atoms with Crippen LogP contribution in [0.2, 0.25) is 0 Å². The Morgan fingerprint density at radius 2 is 1.65 bits per heavy atom. The van der Waals surface area contributed by atoms with Crippen molar-refractivity contribution in [3.63, 3.8) is 0 Å². The van der Waals surface area contributed by atoms with Gasteiger partial charge in [-0.1, -0.05) is 24.3 Å². The number of amides is 2. The van der Waals surface area contributed by atoms with Crippen LogP contribution in [0.1, 0.15) is 41.4 Å². The van der Waals surface area contributed by atoms with E-state index in [1.54, 1.807) is 24.3 Å². The van der Waals surface area contributed by atoms with Gasteiger partial charge < -0.3 is 9.47 Å². The Morgan fingerprint density at radius 3 is 2.38 bits per heavy atom. The molecule has 0 N–H and O–H groups in total. The van der Waals surface area contributed by atoms with Crippen molar-refractivity contribution in [2.45, 2.75) is 0 Å². The lowest BCUT2D eigenvalue weighted by atomic mass is 10.1. The molecule has 3 aromatic rings. The van der Waals surface area contributed by atoms with Gasteiger partial charge in [0.05, 0.1) is 34.4 Å². The molecule has 2 amide bonds. The number of Topliss-reactive ketones (excluding diaryl/α,β-unsaturated/α-hetero) is 1. The lowest BCUT2D eigenvalue weighted by Crippen LogP contribution is -2.29. The maximum atomic E-state index is 13.0. The minimum Gasteiger partial charge on any atom is -0.495 e. The number of anilines is 1. The second-order valence-electron chi connectivity index (χ2n) is 7.18.